The molecule has 1 aliphatic heterocycles. The quantitative estimate of drug-likeness (QED) is 0.676. The standard InChI is InChI=1S/C8H9BrN2/c9-8-7(3-1-4-10-8)11-5-2-6-11/h1,3-4H,2,5-6H2/i1D,2D2,3D,4D,5D2,6D2. The van der Waals surface area contributed by atoms with Crippen molar-refractivity contribution in [1.82, 2.24) is 4.98 Å². The summed E-state index contributed by atoms with van der Waals surface area (Å²) in [7, 11) is 0. The lowest BCUT2D eigenvalue weighted by atomic mass is 10.2. The van der Waals surface area contributed by atoms with Gasteiger partial charge in [-0.2, -0.15) is 0 Å². The SMILES string of the molecule is [2H]c1nc(Br)c(N2C([2H])([2H])C([2H])([2H])C2([2H])[2H])c([2H])c1[2H]. The Labute approximate surface area is 87.0 Å². The van der Waals surface area contributed by atoms with E-state index in [0.717, 1.165) is 0 Å². The number of aromatic nitrogens is 1. The maximum atomic E-state index is 7.75. The van der Waals surface area contributed by atoms with Gasteiger partial charge in [0.1, 0.15) is 4.60 Å². The van der Waals surface area contributed by atoms with Gasteiger partial charge in [-0.05, 0) is 34.4 Å². The van der Waals surface area contributed by atoms with Crippen LogP contribution in [-0.2, 0) is 0 Å². The highest BCUT2D eigenvalue weighted by atomic mass is 79.9. The summed E-state index contributed by atoms with van der Waals surface area (Å²) < 4.78 is 68.1. The zero-order valence-corrected chi connectivity index (χ0v) is 6.86. The van der Waals surface area contributed by atoms with Crippen LogP contribution in [0.25, 0.3) is 0 Å². The topological polar surface area (TPSA) is 16.1 Å². The molecule has 2 rings (SSSR count). The number of halogens is 1. The van der Waals surface area contributed by atoms with Gasteiger partial charge < -0.3 is 4.90 Å². The van der Waals surface area contributed by atoms with Crippen molar-refractivity contribution in [3.8, 4) is 0 Å². The Hall–Kier alpha value is -0.570. The molecule has 2 nitrogen and oxygen atoms in total. The number of hydrogen-bond donors (Lipinski definition) is 0. The summed E-state index contributed by atoms with van der Waals surface area (Å²) in [6.07, 6.45) is -3.29. The van der Waals surface area contributed by atoms with E-state index in [1.165, 1.54) is 0 Å². The van der Waals surface area contributed by atoms with Crippen molar-refractivity contribution >= 4 is 21.6 Å². The third kappa shape index (κ3) is 1.25. The van der Waals surface area contributed by atoms with E-state index in [9.17, 15) is 0 Å². The number of hydrogen-bond acceptors (Lipinski definition) is 2. The molecule has 1 fully saturated rings. The molecular formula is C8H9BrN2. The van der Waals surface area contributed by atoms with Gasteiger partial charge in [0.15, 0.2) is 0 Å². The van der Waals surface area contributed by atoms with Crippen molar-refractivity contribution in [3.05, 3.63) is 22.9 Å². The number of anilines is 1. The Morgan fingerprint density at radius 1 is 1.73 bits per heavy atom. The molecule has 3 heteroatoms. The molecule has 0 radical (unpaired) electrons. The molecule has 1 aromatic rings. The van der Waals surface area contributed by atoms with E-state index in [2.05, 4.69) is 20.9 Å². The minimum atomic E-state index is -2.78. The van der Waals surface area contributed by atoms with E-state index in [1.54, 1.807) is 0 Å². The van der Waals surface area contributed by atoms with Gasteiger partial charge in [0.25, 0.3) is 0 Å². The first-order valence-corrected chi connectivity index (χ1v) is 3.60. The van der Waals surface area contributed by atoms with Crippen molar-refractivity contribution in [2.75, 3.05) is 17.9 Å². The Kier molecular flexibility index (Phi) is 0.569. The Morgan fingerprint density at radius 3 is 3.36 bits per heavy atom. The second kappa shape index (κ2) is 2.81. The fraction of sp³-hybridized carbons (Fsp3) is 0.375. The van der Waals surface area contributed by atoms with Gasteiger partial charge in [-0.25, -0.2) is 4.98 Å². The fourth-order valence-corrected chi connectivity index (χ4v) is 1.01. The van der Waals surface area contributed by atoms with Crippen LogP contribution in [0.5, 0.6) is 0 Å². The van der Waals surface area contributed by atoms with Gasteiger partial charge in [0.2, 0.25) is 0 Å². The lowest BCUT2D eigenvalue weighted by Crippen LogP contribution is -2.37. The molecule has 1 aromatic heterocycles. The zero-order chi connectivity index (χ0) is 15.7. The molecule has 0 aromatic carbocycles. The van der Waals surface area contributed by atoms with Gasteiger partial charge in [-0.3, -0.25) is 0 Å². The molecule has 1 saturated heterocycles. The Bertz CT molecular complexity index is 570. The molecule has 0 amide bonds. The predicted molar refractivity (Wildman–Crippen MR) is 48.8 cm³/mol. The highest BCUT2D eigenvalue weighted by Crippen LogP contribution is 2.26. The predicted octanol–water partition coefficient (Wildman–Crippen LogP) is 2.05. The molecule has 11 heavy (non-hydrogen) atoms. The molecule has 2 heterocycles. The summed E-state index contributed by atoms with van der Waals surface area (Å²) in [6.45, 7) is -5.40. The third-order valence-electron chi connectivity index (χ3n) is 1.15. The molecule has 0 spiro atoms. The number of rotatable bonds is 1. The second-order valence-corrected chi connectivity index (χ2v) is 2.55. The highest BCUT2D eigenvalue weighted by Gasteiger charge is 2.16. The number of pyridine rings is 1. The van der Waals surface area contributed by atoms with Gasteiger partial charge in [-0.15, -0.1) is 0 Å². The third-order valence-corrected chi connectivity index (χ3v) is 1.70. The van der Waals surface area contributed by atoms with Gasteiger partial charge in [0.05, 0.1) is 9.80 Å². The van der Waals surface area contributed by atoms with E-state index >= 15 is 0 Å². The Morgan fingerprint density at radius 2 is 2.55 bits per heavy atom. The van der Waals surface area contributed by atoms with Crippen molar-refractivity contribution in [2.24, 2.45) is 0 Å². The molecule has 0 saturated carbocycles. The maximum Gasteiger partial charge on any atom is 0.129 e. The van der Waals surface area contributed by atoms with Gasteiger partial charge >= 0.3 is 0 Å². The zero-order valence-electron chi connectivity index (χ0n) is 14.3. The van der Waals surface area contributed by atoms with Crippen LogP contribution >= 0.6 is 15.9 Å². The summed E-state index contributed by atoms with van der Waals surface area (Å²) in [5.74, 6) is 0. The minimum Gasteiger partial charge on any atom is -0.369 e. The van der Waals surface area contributed by atoms with E-state index in [0.29, 0.717) is 4.90 Å². The maximum absolute atomic E-state index is 7.75. The Balaban J connectivity index is 2.68. The van der Waals surface area contributed by atoms with Crippen LogP contribution in [0, 0.1) is 0 Å². The minimum absolute atomic E-state index is 0.174. The first-order chi connectivity index (χ1) is 8.87. The molecule has 0 atom stereocenters. The summed E-state index contributed by atoms with van der Waals surface area (Å²) in [5, 5.41) is 0. The molecule has 0 bridgehead atoms. The summed E-state index contributed by atoms with van der Waals surface area (Å²) in [5.41, 5.74) is -0.379. The van der Waals surface area contributed by atoms with Crippen molar-refractivity contribution in [1.29, 1.82) is 0 Å². The molecule has 1 aliphatic rings. The molecule has 0 N–H and O–H groups in total. The van der Waals surface area contributed by atoms with Crippen molar-refractivity contribution < 1.29 is 12.3 Å². The van der Waals surface area contributed by atoms with Crippen molar-refractivity contribution in [3.63, 3.8) is 0 Å². The van der Waals surface area contributed by atoms with E-state index in [4.69, 9.17) is 12.3 Å². The van der Waals surface area contributed by atoms with Crippen LogP contribution in [0.15, 0.2) is 22.9 Å². The normalized spacial score (nSPS) is 41.9. The smallest absolute Gasteiger partial charge is 0.129 e. The lowest BCUT2D eigenvalue weighted by molar-refractivity contribution is 0.615. The first-order valence-electron chi connectivity index (χ1n) is 7.31. The van der Waals surface area contributed by atoms with Crippen LogP contribution < -0.4 is 4.90 Å². The van der Waals surface area contributed by atoms with Crippen LogP contribution in [0.2, 0.25) is 0 Å². The van der Waals surface area contributed by atoms with Crippen LogP contribution in [0.3, 0.4) is 0 Å². The summed E-state index contributed by atoms with van der Waals surface area (Å²) in [4.78, 5) is 4.04. The molecule has 0 unspecified atom stereocenters. The van der Waals surface area contributed by atoms with Crippen LogP contribution in [-0.4, -0.2) is 18.0 Å². The lowest BCUT2D eigenvalue weighted by Gasteiger charge is -2.33. The largest absolute Gasteiger partial charge is 0.369 e. The average Bonchev–Trinajstić information content (AvgIpc) is 2.30. The second-order valence-electron chi connectivity index (χ2n) is 1.80. The van der Waals surface area contributed by atoms with Gasteiger partial charge in [-0.1, -0.05) is 0 Å². The monoisotopic (exact) mass is 221 g/mol. The van der Waals surface area contributed by atoms with E-state index < -0.39 is 37.6 Å². The summed E-state index contributed by atoms with van der Waals surface area (Å²) in [6, 6.07) is -1.16. The first kappa shape index (κ1) is 2.22. The molecule has 58 valence electrons. The number of nitrogens with zero attached hydrogens (tertiary/aromatic N) is 2. The van der Waals surface area contributed by atoms with Crippen LogP contribution in [0.4, 0.5) is 5.69 Å². The van der Waals surface area contributed by atoms with Crippen molar-refractivity contribution in [2.45, 2.75) is 6.37 Å². The summed E-state index contributed by atoms with van der Waals surface area (Å²) >= 11 is 2.92. The van der Waals surface area contributed by atoms with E-state index in [-0.39, 0.29) is 10.3 Å². The highest BCUT2D eigenvalue weighted by molar-refractivity contribution is 9.10. The fourth-order valence-electron chi connectivity index (χ4n) is 0.640. The average molecular weight is 222 g/mol. The molecular weight excluding hydrogens is 204 g/mol. The van der Waals surface area contributed by atoms with E-state index in [1.807, 2.05) is 0 Å². The van der Waals surface area contributed by atoms with Gasteiger partial charge in [0, 0.05) is 27.4 Å². The van der Waals surface area contributed by atoms with Crippen LogP contribution in [0.1, 0.15) is 18.7 Å². The molecule has 0 aliphatic carbocycles.